The molecule has 62 heavy (non-hydrogen) atoms. The fraction of sp³-hybridized carbons (Fsp3) is 0.909. The molecule has 4 atom stereocenters. The molecule has 2 amide bonds. The molecule has 4 unspecified atom stereocenters. The summed E-state index contributed by atoms with van der Waals surface area (Å²) in [7, 11) is -10.0. The molecule has 0 aliphatic carbocycles. The number of amides is 2. The number of rotatable bonds is 40. The van der Waals surface area contributed by atoms with Crippen molar-refractivity contribution < 1.29 is 114 Å². The van der Waals surface area contributed by atoms with Crippen molar-refractivity contribution in [2.45, 2.75) is 256 Å². The molecule has 0 spiro atoms. The minimum Gasteiger partial charge on any atom is -0.747 e. The third kappa shape index (κ3) is 42.3. The van der Waals surface area contributed by atoms with Crippen LogP contribution in [0, 0.1) is 0 Å². The number of ether oxygens (including phenoxy) is 2. The van der Waals surface area contributed by atoms with Crippen molar-refractivity contribution in [2.24, 2.45) is 11.5 Å². The number of hydrogen-bond acceptors (Lipinski definition) is 12. The van der Waals surface area contributed by atoms with E-state index >= 15 is 0 Å². The van der Waals surface area contributed by atoms with Gasteiger partial charge in [0.25, 0.3) is 0 Å². The molecule has 0 fully saturated rings. The predicted molar refractivity (Wildman–Crippen MR) is 236 cm³/mol. The van der Waals surface area contributed by atoms with E-state index in [0.29, 0.717) is 25.7 Å². The summed E-state index contributed by atoms with van der Waals surface area (Å²) in [5.41, 5.74) is 9.99. The molecule has 0 saturated heterocycles. The second-order valence-electron chi connectivity index (χ2n) is 16.4. The minimum atomic E-state index is -5.00. The second kappa shape index (κ2) is 44.5. The first-order chi connectivity index (χ1) is 28.4. The Morgan fingerprint density at radius 3 is 0.774 bits per heavy atom. The van der Waals surface area contributed by atoms with E-state index in [1.165, 1.54) is 89.9 Å². The topological polar surface area (TPSA) is 253 Å². The van der Waals surface area contributed by atoms with Crippen molar-refractivity contribution in [1.29, 1.82) is 0 Å². The first-order valence-corrected chi connectivity index (χ1v) is 26.3. The van der Waals surface area contributed by atoms with Crippen molar-refractivity contribution in [3.05, 3.63) is 0 Å². The number of hydrogen-bond donors (Lipinski definition) is 2. The molecule has 14 nitrogen and oxygen atoms in total. The molecule has 0 rings (SSSR count). The standard InChI is InChI=1S/2C22H43NO6S.2Na/c2*1-3-5-7-9-11-13-15-17-19(16-14-12-10-8-6-4-2)29-22(25)20(18-21(23)24)30(26,27)28;;/h2*19-20H,3-18H2,1-2H3,(H2,23,24)(H,26,27,28);;/q;;2*+1/p-2. The van der Waals surface area contributed by atoms with Crippen LogP contribution in [0.15, 0.2) is 0 Å². The summed E-state index contributed by atoms with van der Waals surface area (Å²) in [6.45, 7) is 8.66. The maximum atomic E-state index is 12.3. The molecule has 0 radical (unpaired) electrons. The van der Waals surface area contributed by atoms with Crippen LogP contribution in [0.3, 0.4) is 0 Å². The van der Waals surface area contributed by atoms with Crippen molar-refractivity contribution in [2.75, 3.05) is 0 Å². The first-order valence-electron chi connectivity index (χ1n) is 23.3. The fourth-order valence-electron chi connectivity index (χ4n) is 6.94. The van der Waals surface area contributed by atoms with E-state index in [0.717, 1.165) is 77.0 Å². The number of unbranched alkanes of at least 4 members (excludes halogenated alkanes) is 22. The van der Waals surface area contributed by atoms with Gasteiger partial charge in [0.2, 0.25) is 11.8 Å². The van der Waals surface area contributed by atoms with Crippen molar-refractivity contribution in [1.82, 2.24) is 0 Å². The van der Waals surface area contributed by atoms with Crippen LogP contribution in [0.1, 0.15) is 233 Å². The number of esters is 2. The van der Waals surface area contributed by atoms with Gasteiger partial charge in [-0.2, -0.15) is 0 Å². The SMILES string of the molecule is CCCCCCCCCC(CCCCCCCC)OC(=O)C(CC(N)=O)S(=O)(=O)[O-].CCCCCCCCCC(CCCCCCCC)OC(=O)C(CC(N)=O)S(=O)(=O)[O-].[Na+].[Na+]. The van der Waals surface area contributed by atoms with Gasteiger partial charge in [-0.15, -0.1) is 0 Å². The Hall–Kier alpha value is -0.300. The van der Waals surface area contributed by atoms with Crippen LogP contribution in [0.5, 0.6) is 0 Å². The molecule has 0 aliphatic rings. The zero-order valence-electron chi connectivity index (χ0n) is 39.8. The molecule has 0 aromatic carbocycles. The predicted octanol–water partition coefficient (Wildman–Crippen LogP) is 3.17. The van der Waals surface area contributed by atoms with E-state index < -0.39 is 79.5 Å². The summed E-state index contributed by atoms with van der Waals surface area (Å²) in [6, 6.07) is 0. The molecule has 0 bridgehead atoms. The zero-order valence-corrected chi connectivity index (χ0v) is 45.4. The molecule has 4 N–H and O–H groups in total. The monoisotopic (exact) mass is 943 g/mol. The molecule has 0 aromatic rings. The van der Waals surface area contributed by atoms with Gasteiger partial charge in [-0.3, -0.25) is 19.2 Å². The molecule has 0 heterocycles. The van der Waals surface area contributed by atoms with E-state index in [9.17, 15) is 45.1 Å². The molecule has 0 saturated carbocycles. The number of carbonyl (C=O) groups excluding carboxylic acids is 4. The van der Waals surface area contributed by atoms with Crippen LogP contribution >= 0.6 is 0 Å². The molecule has 356 valence electrons. The van der Waals surface area contributed by atoms with Crippen LogP contribution in [0.4, 0.5) is 0 Å². The van der Waals surface area contributed by atoms with Gasteiger partial charge in [-0.25, -0.2) is 16.8 Å². The van der Waals surface area contributed by atoms with Gasteiger partial charge in [0, 0.05) is 0 Å². The average molecular weight is 943 g/mol. The van der Waals surface area contributed by atoms with Crippen LogP contribution in [-0.4, -0.2) is 72.4 Å². The molecule has 0 aliphatic heterocycles. The van der Waals surface area contributed by atoms with Gasteiger partial charge < -0.3 is 30.0 Å². The largest absolute Gasteiger partial charge is 1.00 e. The van der Waals surface area contributed by atoms with E-state index in [1.807, 2.05) is 0 Å². The van der Waals surface area contributed by atoms with E-state index in [2.05, 4.69) is 27.7 Å². The third-order valence-electron chi connectivity index (χ3n) is 10.6. The number of primary amides is 2. The quantitative estimate of drug-likeness (QED) is 0.0389. The summed E-state index contributed by atoms with van der Waals surface area (Å²) in [5, 5.41) is -4.12. The summed E-state index contributed by atoms with van der Waals surface area (Å²) < 4.78 is 79.0. The smallest absolute Gasteiger partial charge is 0.747 e. The normalized spacial score (nSPS) is 13.3. The zero-order chi connectivity index (χ0) is 45.7. The summed E-state index contributed by atoms with van der Waals surface area (Å²) in [5.74, 6) is -4.34. The average Bonchev–Trinajstić information content (AvgIpc) is 3.16. The van der Waals surface area contributed by atoms with Gasteiger partial charge in [0.1, 0.15) is 32.4 Å². The Morgan fingerprint density at radius 1 is 0.403 bits per heavy atom. The number of nitrogens with two attached hydrogens (primary N) is 2. The summed E-state index contributed by atoms with van der Waals surface area (Å²) in [6.07, 6.45) is 28.9. The van der Waals surface area contributed by atoms with Gasteiger partial charge >= 0.3 is 71.1 Å². The van der Waals surface area contributed by atoms with Crippen molar-refractivity contribution in [3.63, 3.8) is 0 Å². The van der Waals surface area contributed by atoms with Gasteiger partial charge in [0.05, 0.1) is 12.8 Å². The minimum absolute atomic E-state index is 0. The Kier molecular flexibility index (Phi) is 49.0. The maximum absolute atomic E-state index is 12.3. The van der Waals surface area contributed by atoms with Crippen molar-refractivity contribution in [3.8, 4) is 0 Å². The van der Waals surface area contributed by atoms with E-state index in [4.69, 9.17) is 20.9 Å². The Morgan fingerprint density at radius 2 is 0.597 bits per heavy atom. The van der Waals surface area contributed by atoms with Crippen LogP contribution in [-0.2, 0) is 48.9 Å². The summed E-state index contributed by atoms with van der Waals surface area (Å²) in [4.78, 5) is 46.8. The van der Waals surface area contributed by atoms with E-state index in [1.54, 1.807) is 0 Å². The number of carbonyl (C=O) groups is 4. The van der Waals surface area contributed by atoms with Gasteiger partial charge in [0.15, 0.2) is 10.5 Å². The second-order valence-corrected chi connectivity index (χ2v) is 19.5. The first kappa shape index (κ1) is 68.3. The Labute approximate surface area is 421 Å². The maximum Gasteiger partial charge on any atom is 1.00 e. The Balaban J connectivity index is -0.000000526. The molecule has 0 aromatic heterocycles. The molecule has 18 heteroatoms. The summed E-state index contributed by atoms with van der Waals surface area (Å²) >= 11 is 0. The van der Waals surface area contributed by atoms with Crippen molar-refractivity contribution >= 4 is 44.0 Å². The van der Waals surface area contributed by atoms with Crippen LogP contribution in [0.25, 0.3) is 0 Å². The third-order valence-corrected chi connectivity index (χ3v) is 12.7. The van der Waals surface area contributed by atoms with Gasteiger partial charge in [-0.05, 0) is 51.4 Å². The van der Waals surface area contributed by atoms with E-state index in [-0.39, 0.29) is 59.1 Å². The fourth-order valence-corrected chi connectivity index (χ4v) is 8.26. The van der Waals surface area contributed by atoms with Crippen LogP contribution < -0.4 is 70.6 Å². The van der Waals surface area contributed by atoms with Crippen LogP contribution in [0.2, 0.25) is 0 Å². The molecular formula is C44H84N2Na2O12S2. The Bertz CT molecular complexity index is 1240. The van der Waals surface area contributed by atoms with Gasteiger partial charge in [-0.1, -0.05) is 169 Å². The molecular weight excluding hydrogens is 859 g/mol.